The van der Waals surface area contributed by atoms with Gasteiger partial charge in [-0.05, 0) is 28.8 Å². The van der Waals surface area contributed by atoms with E-state index in [0.29, 0.717) is 13.0 Å². The fourth-order valence-electron chi connectivity index (χ4n) is 2.21. The topological polar surface area (TPSA) is 58.1 Å². The summed E-state index contributed by atoms with van der Waals surface area (Å²) in [6, 6.07) is 1.84. The second-order valence-corrected chi connectivity index (χ2v) is 6.17. The van der Waals surface area contributed by atoms with Gasteiger partial charge >= 0.3 is 0 Å². The zero-order chi connectivity index (χ0) is 14.5. The fourth-order valence-corrected chi connectivity index (χ4v) is 2.60. The second kappa shape index (κ2) is 7.02. The van der Waals surface area contributed by atoms with Gasteiger partial charge in [-0.2, -0.15) is 0 Å². The van der Waals surface area contributed by atoms with Crippen LogP contribution in [0.2, 0.25) is 0 Å². The van der Waals surface area contributed by atoms with Gasteiger partial charge in [-0.25, -0.2) is 9.97 Å². The Morgan fingerprint density at radius 3 is 2.75 bits per heavy atom. The summed E-state index contributed by atoms with van der Waals surface area (Å²) in [5.74, 6) is 2.07. The van der Waals surface area contributed by atoms with Crippen LogP contribution in [0.5, 0.6) is 0 Å². The van der Waals surface area contributed by atoms with E-state index in [1.165, 1.54) is 0 Å². The van der Waals surface area contributed by atoms with Crippen molar-refractivity contribution in [2.45, 2.75) is 39.0 Å². The molecule has 2 rings (SSSR count). The van der Waals surface area contributed by atoms with E-state index < -0.39 is 0 Å². The summed E-state index contributed by atoms with van der Waals surface area (Å²) in [5.41, 5.74) is 0. The molecule has 5 nitrogen and oxygen atoms in total. The van der Waals surface area contributed by atoms with Gasteiger partial charge in [0, 0.05) is 38.0 Å². The molecule has 0 aliphatic carbocycles. The van der Waals surface area contributed by atoms with Crippen LogP contribution in [0.25, 0.3) is 0 Å². The molecule has 2 heterocycles. The number of amides is 1. The van der Waals surface area contributed by atoms with Crippen molar-refractivity contribution in [3.8, 4) is 0 Å². The van der Waals surface area contributed by atoms with Gasteiger partial charge < -0.3 is 10.2 Å². The highest BCUT2D eigenvalue weighted by Crippen LogP contribution is 2.17. The number of aromatic nitrogens is 2. The Hall–Kier alpha value is -1.17. The first-order valence-electron chi connectivity index (χ1n) is 7.12. The Balaban J connectivity index is 1.85. The van der Waals surface area contributed by atoms with Crippen LogP contribution in [0.15, 0.2) is 10.7 Å². The molecule has 0 atom stereocenters. The maximum Gasteiger partial charge on any atom is 0.224 e. The number of carbonyl (C=O) groups is 1. The monoisotopic (exact) mass is 340 g/mol. The summed E-state index contributed by atoms with van der Waals surface area (Å²) < 4.78 is 0.768. The van der Waals surface area contributed by atoms with Gasteiger partial charge in [-0.3, -0.25) is 4.79 Å². The van der Waals surface area contributed by atoms with Crippen LogP contribution < -0.4 is 5.32 Å². The van der Waals surface area contributed by atoms with Gasteiger partial charge in [-0.15, -0.1) is 0 Å². The van der Waals surface area contributed by atoms with Crippen molar-refractivity contribution in [1.29, 1.82) is 0 Å². The van der Waals surface area contributed by atoms with Crippen LogP contribution >= 0.6 is 15.9 Å². The highest BCUT2D eigenvalue weighted by atomic mass is 79.9. The predicted molar refractivity (Wildman–Crippen MR) is 82.7 cm³/mol. The van der Waals surface area contributed by atoms with E-state index in [1.807, 2.05) is 11.0 Å². The van der Waals surface area contributed by atoms with Crippen molar-refractivity contribution in [2.75, 3.05) is 25.0 Å². The molecule has 1 aliphatic heterocycles. The van der Waals surface area contributed by atoms with E-state index in [4.69, 9.17) is 0 Å². The van der Waals surface area contributed by atoms with Crippen LogP contribution in [0, 0.1) is 0 Å². The quantitative estimate of drug-likeness (QED) is 0.837. The molecule has 0 spiro atoms. The van der Waals surface area contributed by atoms with E-state index in [0.717, 1.165) is 42.2 Å². The van der Waals surface area contributed by atoms with Crippen LogP contribution in [-0.2, 0) is 4.79 Å². The number of carbonyl (C=O) groups excluding carboxylic acids is 1. The number of likely N-dealkylation sites (tertiary alicyclic amines) is 1. The molecule has 0 saturated carbocycles. The highest BCUT2D eigenvalue weighted by molar-refractivity contribution is 9.10. The van der Waals surface area contributed by atoms with Crippen LogP contribution in [0.3, 0.4) is 0 Å². The van der Waals surface area contributed by atoms with Crippen molar-refractivity contribution in [1.82, 2.24) is 14.9 Å². The fraction of sp³-hybridized carbons (Fsp3) is 0.643. The molecule has 1 aromatic rings. The smallest absolute Gasteiger partial charge is 0.224 e. The van der Waals surface area contributed by atoms with Crippen molar-refractivity contribution in [3.05, 3.63) is 16.5 Å². The van der Waals surface area contributed by atoms with Gasteiger partial charge in [0.1, 0.15) is 16.2 Å². The predicted octanol–water partition coefficient (Wildman–Crippen LogP) is 2.79. The molecular weight excluding hydrogens is 320 g/mol. The van der Waals surface area contributed by atoms with E-state index in [9.17, 15) is 4.79 Å². The minimum Gasteiger partial charge on any atom is -0.369 e. The van der Waals surface area contributed by atoms with Gasteiger partial charge in [0.2, 0.25) is 5.91 Å². The lowest BCUT2D eigenvalue weighted by atomic mass is 10.2. The first kappa shape index (κ1) is 15.2. The second-order valence-electron chi connectivity index (χ2n) is 5.35. The summed E-state index contributed by atoms with van der Waals surface area (Å²) >= 11 is 3.39. The number of nitrogens with one attached hydrogen (secondary N) is 1. The molecule has 1 aliphatic rings. The number of anilines is 1. The number of hydrogen-bond acceptors (Lipinski definition) is 4. The summed E-state index contributed by atoms with van der Waals surface area (Å²) in [6.45, 7) is 6.55. The molecule has 110 valence electrons. The zero-order valence-corrected chi connectivity index (χ0v) is 13.6. The third kappa shape index (κ3) is 4.16. The van der Waals surface area contributed by atoms with E-state index in [1.54, 1.807) is 0 Å². The Morgan fingerprint density at radius 2 is 2.10 bits per heavy atom. The molecule has 20 heavy (non-hydrogen) atoms. The van der Waals surface area contributed by atoms with Crippen molar-refractivity contribution < 1.29 is 4.79 Å². The van der Waals surface area contributed by atoms with E-state index >= 15 is 0 Å². The van der Waals surface area contributed by atoms with Gasteiger partial charge in [-0.1, -0.05) is 13.8 Å². The van der Waals surface area contributed by atoms with Crippen LogP contribution in [-0.4, -0.2) is 40.4 Å². The number of halogens is 1. The standard InChI is InChI=1S/C14H21BrN4O/c1-10(2)14-17-11(15)9-12(18-14)16-6-5-13(20)19-7-3-4-8-19/h9-10H,3-8H2,1-2H3,(H,16,17,18). The molecule has 6 heteroatoms. The Morgan fingerprint density at radius 1 is 1.40 bits per heavy atom. The average Bonchev–Trinajstić information content (AvgIpc) is 2.91. The first-order chi connectivity index (χ1) is 9.56. The van der Waals surface area contributed by atoms with E-state index in [2.05, 4.69) is 45.1 Å². The minimum absolute atomic E-state index is 0.229. The van der Waals surface area contributed by atoms with E-state index in [-0.39, 0.29) is 11.8 Å². The molecule has 1 N–H and O–H groups in total. The summed E-state index contributed by atoms with van der Waals surface area (Å²) in [5, 5.41) is 3.21. The third-order valence-electron chi connectivity index (χ3n) is 3.33. The third-order valence-corrected chi connectivity index (χ3v) is 3.74. The van der Waals surface area contributed by atoms with Crippen LogP contribution in [0.1, 0.15) is 44.9 Å². The summed E-state index contributed by atoms with van der Waals surface area (Å²) in [4.78, 5) is 22.6. The average molecular weight is 341 g/mol. The SMILES string of the molecule is CC(C)c1nc(Br)cc(NCCC(=O)N2CCCC2)n1. The summed E-state index contributed by atoms with van der Waals surface area (Å²) in [6.07, 6.45) is 2.78. The number of nitrogens with zero attached hydrogens (tertiary/aromatic N) is 3. The zero-order valence-electron chi connectivity index (χ0n) is 12.0. The molecule has 1 amide bonds. The van der Waals surface area contributed by atoms with Crippen molar-refractivity contribution >= 4 is 27.7 Å². The van der Waals surface area contributed by atoms with Gasteiger partial charge in [0.25, 0.3) is 0 Å². The van der Waals surface area contributed by atoms with Crippen LogP contribution in [0.4, 0.5) is 5.82 Å². The summed E-state index contributed by atoms with van der Waals surface area (Å²) in [7, 11) is 0. The number of rotatable bonds is 5. The Bertz CT molecular complexity index is 472. The lowest BCUT2D eigenvalue weighted by Crippen LogP contribution is -2.29. The maximum absolute atomic E-state index is 11.9. The molecule has 1 fully saturated rings. The number of hydrogen-bond donors (Lipinski definition) is 1. The van der Waals surface area contributed by atoms with Crippen molar-refractivity contribution in [2.24, 2.45) is 0 Å². The maximum atomic E-state index is 11.9. The normalized spacial score (nSPS) is 14.9. The molecule has 0 radical (unpaired) electrons. The lowest BCUT2D eigenvalue weighted by Gasteiger charge is -2.15. The Labute approximate surface area is 128 Å². The molecule has 0 aromatic carbocycles. The first-order valence-corrected chi connectivity index (χ1v) is 7.91. The minimum atomic E-state index is 0.229. The highest BCUT2D eigenvalue weighted by Gasteiger charge is 2.17. The van der Waals surface area contributed by atoms with Gasteiger partial charge in [0.05, 0.1) is 0 Å². The molecule has 0 unspecified atom stereocenters. The van der Waals surface area contributed by atoms with Gasteiger partial charge in [0.15, 0.2) is 0 Å². The molecule has 1 saturated heterocycles. The van der Waals surface area contributed by atoms with Crippen molar-refractivity contribution in [3.63, 3.8) is 0 Å². The largest absolute Gasteiger partial charge is 0.369 e. The molecule has 0 bridgehead atoms. The Kier molecular flexibility index (Phi) is 5.34. The lowest BCUT2D eigenvalue weighted by molar-refractivity contribution is -0.129. The molecular formula is C14H21BrN4O. The molecule has 1 aromatic heterocycles.